The molecule has 2 aliphatic rings. The number of imide groups is 1. The maximum absolute atomic E-state index is 13.0. The van der Waals surface area contributed by atoms with Crippen LogP contribution in [0.15, 0.2) is 64.1 Å². The quantitative estimate of drug-likeness (QED) is 0.400. The fraction of sp³-hybridized carbons (Fsp3) is 0.269. The molecule has 0 N–H and O–H groups in total. The van der Waals surface area contributed by atoms with Crippen LogP contribution in [0.3, 0.4) is 0 Å². The second-order valence-electron chi connectivity index (χ2n) is 8.53. The maximum atomic E-state index is 13.0. The summed E-state index contributed by atoms with van der Waals surface area (Å²) in [5, 5.41) is 0.681. The SMILES string of the molecule is O=C(Cn1cc(/C=C2\SC(=O)N(CCc3ccccc3)C2=O)c2cc(Br)ccc21)N1CCCC1. The van der Waals surface area contributed by atoms with E-state index in [2.05, 4.69) is 15.9 Å². The number of carbonyl (C=O) groups excluding carboxylic acids is 3. The number of likely N-dealkylation sites (tertiary alicyclic amines) is 1. The standard InChI is InChI=1S/C26H24BrN3O3S/c27-20-8-9-22-21(15-20)19(16-29(22)17-24(31)28-11-4-5-12-28)14-23-25(32)30(26(33)34-23)13-10-18-6-2-1-3-7-18/h1-3,6-9,14-16H,4-5,10-13,17H2/b23-14-. The Labute approximate surface area is 210 Å². The van der Waals surface area contributed by atoms with Crippen LogP contribution in [0.25, 0.3) is 17.0 Å². The van der Waals surface area contributed by atoms with Crippen LogP contribution in [0.1, 0.15) is 24.0 Å². The molecular weight excluding hydrogens is 514 g/mol. The van der Waals surface area contributed by atoms with Gasteiger partial charge in [0.1, 0.15) is 6.54 Å². The number of hydrogen-bond acceptors (Lipinski definition) is 4. The third-order valence-corrected chi connectivity index (χ3v) is 7.67. The summed E-state index contributed by atoms with van der Waals surface area (Å²) in [6.07, 6.45) is 6.41. The van der Waals surface area contributed by atoms with Crippen molar-refractivity contribution >= 4 is 61.7 Å². The highest BCUT2D eigenvalue weighted by Crippen LogP contribution is 2.35. The lowest BCUT2D eigenvalue weighted by Gasteiger charge is -2.16. The van der Waals surface area contributed by atoms with Crippen LogP contribution < -0.4 is 0 Å². The zero-order valence-electron chi connectivity index (χ0n) is 18.6. The number of benzene rings is 2. The van der Waals surface area contributed by atoms with Gasteiger partial charge in [0.2, 0.25) is 5.91 Å². The molecule has 174 valence electrons. The molecule has 8 heteroatoms. The summed E-state index contributed by atoms with van der Waals surface area (Å²) in [7, 11) is 0. The van der Waals surface area contributed by atoms with Gasteiger partial charge in [0.25, 0.3) is 11.1 Å². The number of halogens is 1. The first-order chi connectivity index (χ1) is 16.5. The number of aromatic nitrogens is 1. The van der Waals surface area contributed by atoms with E-state index >= 15 is 0 Å². The Balaban J connectivity index is 1.40. The second-order valence-corrected chi connectivity index (χ2v) is 10.4. The molecule has 0 atom stereocenters. The minimum Gasteiger partial charge on any atom is -0.341 e. The summed E-state index contributed by atoms with van der Waals surface area (Å²) in [4.78, 5) is 42.0. The van der Waals surface area contributed by atoms with Crippen molar-refractivity contribution in [2.45, 2.75) is 25.8 Å². The third-order valence-electron chi connectivity index (χ3n) is 6.27. The monoisotopic (exact) mass is 537 g/mol. The van der Waals surface area contributed by atoms with E-state index < -0.39 is 0 Å². The number of hydrogen-bond donors (Lipinski definition) is 0. The minimum atomic E-state index is -0.269. The van der Waals surface area contributed by atoms with Gasteiger partial charge in [-0.1, -0.05) is 46.3 Å². The molecule has 0 radical (unpaired) electrons. The average Bonchev–Trinajstić information content (AvgIpc) is 3.54. The van der Waals surface area contributed by atoms with Crippen molar-refractivity contribution in [3.05, 3.63) is 75.2 Å². The predicted molar refractivity (Wildman–Crippen MR) is 138 cm³/mol. The molecule has 0 unspecified atom stereocenters. The molecule has 3 amide bonds. The molecule has 0 spiro atoms. The molecule has 6 nitrogen and oxygen atoms in total. The largest absolute Gasteiger partial charge is 0.341 e. The van der Waals surface area contributed by atoms with Crippen molar-refractivity contribution in [3.8, 4) is 0 Å². The Morgan fingerprint density at radius 1 is 1.06 bits per heavy atom. The van der Waals surface area contributed by atoms with E-state index in [4.69, 9.17) is 0 Å². The van der Waals surface area contributed by atoms with Crippen molar-refractivity contribution in [2.75, 3.05) is 19.6 Å². The van der Waals surface area contributed by atoms with Gasteiger partial charge in [0.15, 0.2) is 0 Å². The van der Waals surface area contributed by atoms with Crippen LogP contribution in [-0.2, 0) is 22.6 Å². The van der Waals surface area contributed by atoms with Crippen molar-refractivity contribution < 1.29 is 14.4 Å². The van der Waals surface area contributed by atoms with E-state index in [1.165, 1.54) is 4.90 Å². The molecule has 3 aromatic rings. The number of thioether (sulfide) groups is 1. The Kier molecular flexibility index (Phi) is 6.61. The van der Waals surface area contributed by atoms with Crippen LogP contribution in [0.5, 0.6) is 0 Å². The number of nitrogens with zero attached hydrogens (tertiary/aromatic N) is 3. The summed E-state index contributed by atoms with van der Waals surface area (Å²) >= 11 is 4.50. The topological polar surface area (TPSA) is 62.6 Å². The van der Waals surface area contributed by atoms with Crippen molar-refractivity contribution in [1.29, 1.82) is 0 Å². The number of amides is 3. The molecule has 2 fully saturated rings. The van der Waals surface area contributed by atoms with E-state index in [1.807, 2.05) is 64.2 Å². The maximum Gasteiger partial charge on any atom is 0.293 e. The van der Waals surface area contributed by atoms with E-state index in [-0.39, 0.29) is 23.6 Å². The van der Waals surface area contributed by atoms with Gasteiger partial charge in [-0.3, -0.25) is 19.3 Å². The third kappa shape index (κ3) is 4.70. The van der Waals surface area contributed by atoms with Crippen LogP contribution in [0.2, 0.25) is 0 Å². The van der Waals surface area contributed by atoms with E-state index in [0.29, 0.717) is 17.9 Å². The smallest absolute Gasteiger partial charge is 0.293 e. The first-order valence-electron chi connectivity index (χ1n) is 11.3. The average molecular weight is 538 g/mol. The van der Waals surface area contributed by atoms with E-state index in [0.717, 1.165) is 64.2 Å². The molecule has 5 rings (SSSR count). The van der Waals surface area contributed by atoms with Gasteiger partial charge in [0, 0.05) is 46.8 Å². The first kappa shape index (κ1) is 22.9. The van der Waals surface area contributed by atoms with Gasteiger partial charge >= 0.3 is 0 Å². The summed E-state index contributed by atoms with van der Waals surface area (Å²) in [5.74, 6) is -0.167. The summed E-state index contributed by atoms with van der Waals surface area (Å²) in [6.45, 7) is 2.23. The molecule has 2 saturated heterocycles. The lowest BCUT2D eigenvalue weighted by Crippen LogP contribution is -2.30. The molecule has 34 heavy (non-hydrogen) atoms. The zero-order valence-corrected chi connectivity index (χ0v) is 21.0. The Morgan fingerprint density at radius 3 is 2.59 bits per heavy atom. The highest BCUT2D eigenvalue weighted by molar-refractivity contribution is 9.10. The Hall–Kier alpha value is -2.84. The number of fused-ring (bicyclic) bond motifs is 1. The first-order valence-corrected chi connectivity index (χ1v) is 13.0. The van der Waals surface area contributed by atoms with Crippen LogP contribution in [0.4, 0.5) is 4.79 Å². The predicted octanol–water partition coefficient (Wildman–Crippen LogP) is 5.31. The molecule has 2 aromatic carbocycles. The molecular formula is C26H24BrN3O3S. The lowest BCUT2D eigenvalue weighted by molar-refractivity contribution is -0.130. The van der Waals surface area contributed by atoms with Gasteiger partial charge in [-0.15, -0.1) is 0 Å². The van der Waals surface area contributed by atoms with Crippen LogP contribution in [0, 0.1) is 0 Å². The van der Waals surface area contributed by atoms with Crippen LogP contribution in [-0.4, -0.2) is 51.1 Å². The van der Waals surface area contributed by atoms with Crippen molar-refractivity contribution in [1.82, 2.24) is 14.4 Å². The normalized spacial score (nSPS) is 17.5. The highest BCUT2D eigenvalue weighted by Gasteiger charge is 2.35. The van der Waals surface area contributed by atoms with Gasteiger partial charge in [-0.05, 0) is 60.9 Å². The lowest BCUT2D eigenvalue weighted by atomic mass is 10.1. The van der Waals surface area contributed by atoms with Crippen molar-refractivity contribution in [2.24, 2.45) is 0 Å². The van der Waals surface area contributed by atoms with Crippen molar-refractivity contribution in [3.63, 3.8) is 0 Å². The second kappa shape index (κ2) is 9.80. The fourth-order valence-corrected chi connectivity index (χ4v) is 5.69. The van der Waals surface area contributed by atoms with Gasteiger partial charge < -0.3 is 9.47 Å². The number of carbonyl (C=O) groups is 3. The van der Waals surface area contributed by atoms with Gasteiger partial charge in [0.05, 0.1) is 4.91 Å². The summed E-state index contributed by atoms with van der Waals surface area (Å²) in [5.41, 5.74) is 2.82. The molecule has 3 heterocycles. The Morgan fingerprint density at radius 2 is 1.82 bits per heavy atom. The van der Waals surface area contributed by atoms with Crippen LogP contribution >= 0.6 is 27.7 Å². The number of rotatable bonds is 6. The molecule has 0 saturated carbocycles. The minimum absolute atomic E-state index is 0.102. The summed E-state index contributed by atoms with van der Waals surface area (Å²) < 4.78 is 2.85. The highest BCUT2D eigenvalue weighted by atomic mass is 79.9. The molecule has 0 aliphatic carbocycles. The Bertz CT molecular complexity index is 1300. The van der Waals surface area contributed by atoms with E-state index in [9.17, 15) is 14.4 Å². The molecule has 2 aliphatic heterocycles. The van der Waals surface area contributed by atoms with Gasteiger partial charge in [-0.25, -0.2) is 0 Å². The molecule has 0 bridgehead atoms. The summed E-state index contributed by atoms with van der Waals surface area (Å²) in [6, 6.07) is 15.7. The zero-order chi connectivity index (χ0) is 23.7. The van der Waals surface area contributed by atoms with Gasteiger partial charge in [-0.2, -0.15) is 0 Å². The fourth-order valence-electron chi connectivity index (χ4n) is 4.47. The molecule has 1 aromatic heterocycles. The van der Waals surface area contributed by atoms with E-state index in [1.54, 1.807) is 6.08 Å².